The summed E-state index contributed by atoms with van der Waals surface area (Å²) in [5.41, 5.74) is 0. The molecule has 0 aliphatic rings. The van der Waals surface area contributed by atoms with Crippen LogP contribution in [0, 0.1) is 0 Å². The van der Waals surface area contributed by atoms with E-state index in [1.807, 2.05) is 0 Å². The van der Waals surface area contributed by atoms with Crippen molar-refractivity contribution in [2.45, 2.75) is 154 Å². The van der Waals surface area contributed by atoms with Crippen molar-refractivity contribution in [2.75, 3.05) is 0 Å². The van der Waals surface area contributed by atoms with Gasteiger partial charge in [-0.2, -0.15) is 0 Å². The average molecular weight is 399 g/mol. The number of aliphatic carboxylic acids is 1. The third kappa shape index (κ3) is 23.5. The van der Waals surface area contributed by atoms with Crippen LogP contribution in [0.15, 0.2) is 0 Å². The van der Waals surface area contributed by atoms with Crippen LogP contribution in [0.5, 0.6) is 0 Å². The molecular weight excluding hydrogens is 348 g/mol. The second kappa shape index (κ2) is 22.7. The summed E-state index contributed by atoms with van der Waals surface area (Å²) in [6.07, 6.45) is 26.4. The van der Waals surface area contributed by atoms with Crippen LogP contribution in [0.2, 0.25) is 0 Å². The highest BCUT2D eigenvalue weighted by Gasteiger charge is 2.03. The van der Waals surface area contributed by atoms with E-state index in [4.69, 9.17) is 5.11 Å². The normalized spacial score (nSPS) is 12.4. The lowest BCUT2D eigenvalue weighted by molar-refractivity contribution is -0.137. The molecule has 0 aromatic heterocycles. The zero-order valence-corrected chi connectivity index (χ0v) is 18.9. The second-order valence-corrected chi connectivity index (χ2v) is 8.74. The van der Waals surface area contributed by atoms with E-state index in [0.717, 1.165) is 25.7 Å². The predicted molar refractivity (Wildman–Crippen MR) is 121 cm³/mol. The van der Waals surface area contributed by atoms with Gasteiger partial charge in [-0.1, -0.05) is 122 Å². The molecule has 3 nitrogen and oxygen atoms in total. The molecule has 0 bridgehead atoms. The molecule has 0 fully saturated rings. The van der Waals surface area contributed by atoms with Crippen LogP contribution in [-0.2, 0) is 4.79 Å². The quantitative estimate of drug-likeness (QED) is 0.171. The third-order valence-electron chi connectivity index (χ3n) is 5.82. The molecule has 0 amide bonds. The number of rotatable bonds is 23. The van der Waals surface area contributed by atoms with Crippen LogP contribution in [0.4, 0.5) is 0 Å². The van der Waals surface area contributed by atoms with Gasteiger partial charge in [-0.15, -0.1) is 0 Å². The summed E-state index contributed by atoms with van der Waals surface area (Å²) in [7, 11) is 0. The summed E-state index contributed by atoms with van der Waals surface area (Å²) < 4.78 is 0. The van der Waals surface area contributed by atoms with Crippen molar-refractivity contribution in [2.24, 2.45) is 0 Å². The van der Waals surface area contributed by atoms with Crippen LogP contribution in [0.1, 0.15) is 148 Å². The summed E-state index contributed by atoms with van der Waals surface area (Å²) in [5, 5.41) is 18.6. The number of carboxylic acid groups (broad SMARTS) is 1. The molecule has 0 spiro atoms. The molecule has 0 rings (SSSR count). The van der Waals surface area contributed by atoms with Crippen molar-refractivity contribution in [3.63, 3.8) is 0 Å². The minimum atomic E-state index is -0.661. The fraction of sp³-hybridized carbons (Fsp3) is 0.960. The predicted octanol–water partition coefficient (Wildman–Crippen LogP) is 8.03. The van der Waals surface area contributed by atoms with Crippen LogP contribution in [-0.4, -0.2) is 22.3 Å². The first-order valence-corrected chi connectivity index (χ1v) is 12.6. The Hall–Kier alpha value is -0.570. The Bertz CT molecular complexity index is 317. The van der Waals surface area contributed by atoms with Gasteiger partial charge >= 0.3 is 5.97 Å². The minimum Gasteiger partial charge on any atom is -0.481 e. The average Bonchev–Trinajstić information content (AvgIpc) is 2.67. The van der Waals surface area contributed by atoms with Gasteiger partial charge in [-0.05, 0) is 19.3 Å². The molecule has 1 atom stereocenters. The summed E-state index contributed by atoms with van der Waals surface area (Å²) in [6, 6.07) is 0. The molecule has 0 saturated carbocycles. The smallest absolute Gasteiger partial charge is 0.303 e. The van der Waals surface area contributed by atoms with E-state index >= 15 is 0 Å². The second-order valence-electron chi connectivity index (χ2n) is 8.74. The highest BCUT2D eigenvalue weighted by molar-refractivity contribution is 5.66. The van der Waals surface area contributed by atoms with Crippen molar-refractivity contribution in [3.05, 3.63) is 0 Å². The SMILES string of the molecule is CCCCCCCC(O)CCCCCCCCCCCCCCCCC(=O)O. The van der Waals surface area contributed by atoms with Crippen molar-refractivity contribution < 1.29 is 15.0 Å². The molecular formula is C25H50O3. The largest absolute Gasteiger partial charge is 0.481 e. The first kappa shape index (κ1) is 27.4. The van der Waals surface area contributed by atoms with E-state index in [-0.39, 0.29) is 6.10 Å². The van der Waals surface area contributed by atoms with Gasteiger partial charge in [0.2, 0.25) is 0 Å². The number of carboxylic acids is 1. The molecule has 3 heteroatoms. The maximum atomic E-state index is 10.4. The van der Waals surface area contributed by atoms with Gasteiger partial charge in [0.15, 0.2) is 0 Å². The van der Waals surface area contributed by atoms with E-state index < -0.39 is 5.97 Å². The molecule has 0 aromatic carbocycles. The maximum Gasteiger partial charge on any atom is 0.303 e. The van der Waals surface area contributed by atoms with Crippen molar-refractivity contribution in [1.29, 1.82) is 0 Å². The van der Waals surface area contributed by atoms with E-state index in [0.29, 0.717) is 6.42 Å². The number of aliphatic hydroxyl groups is 1. The monoisotopic (exact) mass is 398 g/mol. The van der Waals surface area contributed by atoms with Gasteiger partial charge in [-0.3, -0.25) is 4.79 Å². The highest BCUT2D eigenvalue weighted by Crippen LogP contribution is 2.15. The van der Waals surface area contributed by atoms with Crippen LogP contribution < -0.4 is 0 Å². The third-order valence-corrected chi connectivity index (χ3v) is 5.82. The molecule has 1 unspecified atom stereocenters. The van der Waals surface area contributed by atoms with E-state index in [1.54, 1.807) is 0 Å². The van der Waals surface area contributed by atoms with Crippen LogP contribution >= 0.6 is 0 Å². The Morgan fingerprint density at radius 2 is 0.893 bits per heavy atom. The zero-order valence-electron chi connectivity index (χ0n) is 18.9. The molecule has 0 aliphatic carbocycles. The number of carbonyl (C=O) groups is 1. The van der Waals surface area contributed by atoms with Crippen molar-refractivity contribution >= 4 is 5.97 Å². The standard InChI is InChI=1S/C25H50O3/c1-2-3-4-15-18-21-24(26)22-19-16-13-11-9-7-5-6-8-10-12-14-17-20-23-25(27)28/h24,26H,2-23H2,1H3,(H,27,28). The highest BCUT2D eigenvalue weighted by atomic mass is 16.4. The molecule has 0 aromatic rings. The van der Waals surface area contributed by atoms with Crippen molar-refractivity contribution in [1.82, 2.24) is 0 Å². The lowest BCUT2D eigenvalue weighted by atomic mass is 10.0. The zero-order chi connectivity index (χ0) is 20.7. The van der Waals surface area contributed by atoms with Crippen molar-refractivity contribution in [3.8, 4) is 0 Å². The first-order chi connectivity index (χ1) is 13.7. The van der Waals surface area contributed by atoms with Gasteiger partial charge in [0.1, 0.15) is 0 Å². The summed E-state index contributed by atoms with van der Waals surface area (Å²) >= 11 is 0. The summed E-state index contributed by atoms with van der Waals surface area (Å²) in [5.74, 6) is -0.661. The molecule has 168 valence electrons. The van der Waals surface area contributed by atoms with Gasteiger partial charge in [-0.25, -0.2) is 0 Å². The number of unbranched alkanes of at least 4 members (excludes halogenated alkanes) is 17. The summed E-state index contributed by atoms with van der Waals surface area (Å²) in [4.78, 5) is 10.4. The minimum absolute atomic E-state index is 0.0567. The van der Waals surface area contributed by atoms with Gasteiger partial charge < -0.3 is 10.2 Å². The number of hydrogen-bond acceptors (Lipinski definition) is 2. The Kier molecular flexibility index (Phi) is 22.3. The van der Waals surface area contributed by atoms with Gasteiger partial charge in [0, 0.05) is 6.42 Å². The Labute approximate surface area is 175 Å². The molecule has 0 heterocycles. The fourth-order valence-corrected chi connectivity index (χ4v) is 3.91. The molecule has 28 heavy (non-hydrogen) atoms. The van der Waals surface area contributed by atoms with E-state index in [2.05, 4.69) is 6.92 Å². The molecule has 0 radical (unpaired) electrons. The van der Waals surface area contributed by atoms with Gasteiger partial charge in [0.25, 0.3) is 0 Å². The Morgan fingerprint density at radius 3 is 1.25 bits per heavy atom. The molecule has 0 saturated heterocycles. The Balaban J connectivity index is 3.10. The van der Waals surface area contributed by atoms with Crippen LogP contribution in [0.3, 0.4) is 0 Å². The summed E-state index contributed by atoms with van der Waals surface area (Å²) in [6.45, 7) is 2.24. The maximum absolute atomic E-state index is 10.4. The van der Waals surface area contributed by atoms with Gasteiger partial charge in [0.05, 0.1) is 6.10 Å². The lowest BCUT2D eigenvalue weighted by Crippen LogP contribution is -2.05. The fourth-order valence-electron chi connectivity index (χ4n) is 3.91. The topological polar surface area (TPSA) is 57.5 Å². The number of aliphatic hydroxyl groups excluding tert-OH is 1. The Morgan fingerprint density at radius 1 is 0.571 bits per heavy atom. The van der Waals surface area contributed by atoms with E-state index in [9.17, 15) is 9.90 Å². The molecule has 0 aliphatic heterocycles. The van der Waals surface area contributed by atoms with Crippen LogP contribution in [0.25, 0.3) is 0 Å². The first-order valence-electron chi connectivity index (χ1n) is 12.6. The molecule has 2 N–H and O–H groups in total. The van der Waals surface area contributed by atoms with E-state index in [1.165, 1.54) is 109 Å². The number of hydrogen-bond donors (Lipinski definition) is 2. The lowest BCUT2D eigenvalue weighted by Gasteiger charge is -2.10.